The normalized spacial score (nSPS) is 12.5. The molecule has 0 aliphatic carbocycles. The van der Waals surface area contributed by atoms with Gasteiger partial charge in [-0.25, -0.2) is 0 Å². The first kappa shape index (κ1) is 16.2. The van der Waals surface area contributed by atoms with Gasteiger partial charge in [0.1, 0.15) is 0 Å². The van der Waals surface area contributed by atoms with E-state index in [0.29, 0.717) is 19.1 Å². The summed E-state index contributed by atoms with van der Waals surface area (Å²) >= 11 is 0.0322. The molecule has 0 fully saturated rings. The Morgan fingerprint density at radius 3 is 2.62 bits per heavy atom. The minimum absolute atomic E-state index is 0.0247. The Bertz CT molecular complexity index is 590. The van der Waals surface area contributed by atoms with Crippen LogP contribution in [0.3, 0.4) is 0 Å². The summed E-state index contributed by atoms with van der Waals surface area (Å²) in [5.74, 6) is 0.0247. The topological polar surface area (TPSA) is 17.0 Å². The number of fused-ring (bicyclic) bond motifs is 1. The highest BCUT2D eigenvalue weighted by Gasteiger charge is 2.27. The molecule has 1 heterocycles. The van der Waals surface area contributed by atoms with Crippen molar-refractivity contribution in [2.45, 2.75) is 38.5 Å². The molecule has 0 aliphatic heterocycles. The molecule has 2 aromatic rings. The van der Waals surface area contributed by atoms with Gasteiger partial charge in [-0.2, -0.15) is 13.2 Å². The lowest BCUT2D eigenvalue weighted by molar-refractivity contribution is -0.0328. The highest BCUT2D eigenvalue weighted by molar-refractivity contribution is 8.00. The Kier molecular flexibility index (Phi) is 5.22. The van der Waals surface area contributed by atoms with Gasteiger partial charge in [0.25, 0.3) is 0 Å². The van der Waals surface area contributed by atoms with Crippen molar-refractivity contribution in [1.29, 1.82) is 0 Å². The third-order valence-electron chi connectivity index (χ3n) is 3.17. The predicted octanol–water partition coefficient (Wildman–Crippen LogP) is 4.39. The van der Waals surface area contributed by atoms with Crippen molar-refractivity contribution in [3.8, 4) is 0 Å². The number of alkyl halides is 3. The van der Waals surface area contributed by atoms with Crippen LogP contribution in [-0.4, -0.2) is 21.9 Å². The number of hydrogen-bond donors (Lipinski definition) is 1. The summed E-state index contributed by atoms with van der Waals surface area (Å²) in [6.45, 7) is 5.11. The van der Waals surface area contributed by atoms with E-state index in [0.717, 1.165) is 16.6 Å². The fourth-order valence-electron chi connectivity index (χ4n) is 2.24. The highest BCUT2D eigenvalue weighted by Crippen LogP contribution is 2.30. The van der Waals surface area contributed by atoms with Crippen LogP contribution in [0.25, 0.3) is 10.9 Å². The van der Waals surface area contributed by atoms with Crippen LogP contribution in [0.15, 0.2) is 30.3 Å². The molecule has 2 nitrogen and oxygen atoms in total. The maximum atomic E-state index is 12.3. The maximum absolute atomic E-state index is 12.3. The minimum atomic E-state index is -4.17. The Labute approximate surface area is 126 Å². The Morgan fingerprint density at radius 1 is 1.24 bits per heavy atom. The van der Waals surface area contributed by atoms with Crippen LogP contribution in [0.5, 0.6) is 0 Å². The molecule has 0 saturated heterocycles. The number of hydrogen-bond acceptors (Lipinski definition) is 2. The third kappa shape index (κ3) is 4.68. The first-order valence-electron chi connectivity index (χ1n) is 6.88. The number of nitrogens with one attached hydrogen (secondary N) is 1. The second-order valence-electron chi connectivity index (χ2n) is 5.18. The van der Waals surface area contributed by atoms with Gasteiger partial charge < -0.3 is 9.88 Å². The molecule has 0 bridgehead atoms. The van der Waals surface area contributed by atoms with E-state index in [1.54, 1.807) is 0 Å². The highest BCUT2D eigenvalue weighted by atomic mass is 32.2. The largest absolute Gasteiger partial charge is 0.441 e. The van der Waals surface area contributed by atoms with E-state index >= 15 is 0 Å². The number of rotatable bonds is 6. The summed E-state index contributed by atoms with van der Waals surface area (Å²) in [4.78, 5) is 0. The summed E-state index contributed by atoms with van der Waals surface area (Å²) in [6, 6.07) is 10.2. The predicted molar refractivity (Wildman–Crippen MR) is 82.4 cm³/mol. The van der Waals surface area contributed by atoms with Gasteiger partial charge in [-0.1, -0.05) is 32.0 Å². The smallest absolute Gasteiger partial charge is 0.342 e. The van der Waals surface area contributed by atoms with Crippen LogP contribution < -0.4 is 5.32 Å². The minimum Gasteiger partial charge on any atom is -0.342 e. The van der Waals surface area contributed by atoms with E-state index in [4.69, 9.17) is 0 Å². The van der Waals surface area contributed by atoms with Crippen molar-refractivity contribution in [3.05, 3.63) is 36.0 Å². The molecule has 6 heteroatoms. The number of aryl methyl sites for hydroxylation is 1. The van der Waals surface area contributed by atoms with Gasteiger partial charge in [-0.15, -0.1) is 0 Å². The molecular weight excluding hydrogens is 297 g/mol. The molecule has 0 unspecified atom stereocenters. The van der Waals surface area contributed by atoms with Crippen LogP contribution in [0.1, 0.15) is 19.5 Å². The van der Waals surface area contributed by atoms with E-state index in [9.17, 15) is 13.2 Å². The monoisotopic (exact) mass is 316 g/mol. The zero-order valence-corrected chi connectivity index (χ0v) is 12.9. The Hall–Kier alpha value is -1.14. The molecular formula is C15H19F3N2S. The molecule has 1 aromatic heterocycles. The molecule has 0 radical (unpaired) electrons. The number of halogens is 3. The van der Waals surface area contributed by atoms with Gasteiger partial charge >= 0.3 is 5.51 Å². The third-order valence-corrected chi connectivity index (χ3v) is 3.88. The summed E-state index contributed by atoms with van der Waals surface area (Å²) in [5.41, 5.74) is -2.16. The summed E-state index contributed by atoms with van der Waals surface area (Å²) < 4.78 is 38.9. The lowest BCUT2D eigenvalue weighted by Crippen LogP contribution is -2.23. The quantitative estimate of drug-likeness (QED) is 0.851. The van der Waals surface area contributed by atoms with Crippen molar-refractivity contribution < 1.29 is 13.2 Å². The van der Waals surface area contributed by atoms with Crippen molar-refractivity contribution in [1.82, 2.24) is 9.88 Å². The lowest BCUT2D eigenvalue weighted by atomic mass is 10.2. The van der Waals surface area contributed by atoms with Crippen LogP contribution >= 0.6 is 11.8 Å². The van der Waals surface area contributed by atoms with Crippen LogP contribution in [0.2, 0.25) is 0 Å². The van der Waals surface area contributed by atoms with E-state index in [1.165, 1.54) is 0 Å². The van der Waals surface area contributed by atoms with Crippen LogP contribution in [0.4, 0.5) is 13.2 Å². The molecule has 0 amide bonds. The van der Waals surface area contributed by atoms with Crippen molar-refractivity contribution in [3.63, 3.8) is 0 Å². The number of thioether (sulfide) groups is 1. The van der Waals surface area contributed by atoms with Crippen LogP contribution in [-0.2, 0) is 13.1 Å². The SMILES string of the molecule is CC(C)NCc1cc2ccccc2n1CCSC(F)(F)F. The molecule has 116 valence electrons. The second-order valence-corrected chi connectivity index (χ2v) is 6.34. The first-order chi connectivity index (χ1) is 9.87. The van der Waals surface area contributed by atoms with E-state index in [2.05, 4.69) is 5.32 Å². The van der Waals surface area contributed by atoms with Crippen LogP contribution in [0, 0.1) is 0 Å². The molecule has 0 atom stereocenters. The molecule has 2 rings (SSSR count). The average Bonchev–Trinajstić information content (AvgIpc) is 2.73. The summed E-state index contributed by atoms with van der Waals surface area (Å²) in [5, 5.41) is 4.38. The van der Waals surface area contributed by atoms with Crippen molar-refractivity contribution in [2.75, 3.05) is 5.75 Å². The van der Waals surface area contributed by atoms with Gasteiger partial charge in [0.15, 0.2) is 0 Å². The van der Waals surface area contributed by atoms with Gasteiger partial charge in [-0.3, -0.25) is 0 Å². The maximum Gasteiger partial charge on any atom is 0.441 e. The fraction of sp³-hybridized carbons (Fsp3) is 0.467. The second kappa shape index (κ2) is 6.75. The Morgan fingerprint density at radius 2 is 1.95 bits per heavy atom. The van der Waals surface area contributed by atoms with E-state index in [1.807, 2.05) is 48.7 Å². The molecule has 0 saturated carbocycles. The molecule has 1 aromatic carbocycles. The van der Waals surface area contributed by atoms with Crippen molar-refractivity contribution in [2.24, 2.45) is 0 Å². The first-order valence-corrected chi connectivity index (χ1v) is 7.86. The van der Waals surface area contributed by atoms with Crippen molar-refractivity contribution >= 4 is 22.7 Å². The number of para-hydroxylation sites is 1. The van der Waals surface area contributed by atoms with Gasteiger partial charge in [0, 0.05) is 36.1 Å². The summed E-state index contributed by atoms with van der Waals surface area (Å²) in [7, 11) is 0. The Balaban J connectivity index is 2.19. The number of benzene rings is 1. The molecule has 1 N–H and O–H groups in total. The zero-order valence-electron chi connectivity index (χ0n) is 12.1. The van der Waals surface area contributed by atoms with Gasteiger partial charge in [0.2, 0.25) is 0 Å². The molecule has 21 heavy (non-hydrogen) atoms. The average molecular weight is 316 g/mol. The molecule has 0 spiro atoms. The van der Waals surface area contributed by atoms with Gasteiger partial charge in [-0.05, 0) is 29.3 Å². The molecule has 0 aliphatic rings. The zero-order chi connectivity index (χ0) is 15.5. The fourth-order valence-corrected chi connectivity index (χ4v) is 2.74. The van der Waals surface area contributed by atoms with E-state index in [-0.39, 0.29) is 17.5 Å². The number of nitrogens with zero attached hydrogens (tertiary/aromatic N) is 1. The van der Waals surface area contributed by atoms with E-state index < -0.39 is 5.51 Å². The summed E-state index contributed by atoms with van der Waals surface area (Å²) in [6.07, 6.45) is 0. The number of aromatic nitrogens is 1. The standard InChI is InChI=1S/C15H19F3N2S/c1-11(2)19-10-13-9-12-5-3-4-6-14(12)20(13)7-8-21-15(16,17)18/h3-6,9,11,19H,7-8,10H2,1-2H3. The lowest BCUT2D eigenvalue weighted by Gasteiger charge is -2.13. The van der Waals surface area contributed by atoms with Gasteiger partial charge in [0.05, 0.1) is 0 Å².